The molecule has 0 aliphatic carbocycles. The first-order valence-electron chi connectivity index (χ1n) is 6.08. The van der Waals surface area contributed by atoms with E-state index in [0.717, 1.165) is 26.1 Å². The van der Waals surface area contributed by atoms with Crippen molar-refractivity contribution in [3.63, 3.8) is 0 Å². The predicted octanol–water partition coefficient (Wildman–Crippen LogP) is 0.886. The standard InChI is InChI=1S/C11H21N3O/c1-2-12-11(15)14-8-4-7-13-6-3-5-10(13)9-14/h10H,2-9H2,1H3,(H,12,15). The zero-order valence-electron chi connectivity index (χ0n) is 9.54. The molecule has 2 aliphatic rings. The van der Waals surface area contributed by atoms with Crippen LogP contribution in [0.5, 0.6) is 0 Å². The largest absolute Gasteiger partial charge is 0.338 e. The summed E-state index contributed by atoms with van der Waals surface area (Å²) in [5.74, 6) is 0. The van der Waals surface area contributed by atoms with Crippen molar-refractivity contribution in [3.8, 4) is 0 Å². The highest BCUT2D eigenvalue weighted by Gasteiger charge is 2.30. The van der Waals surface area contributed by atoms with Crippen molar-refractivity contribution >= 4 is 6.03 Å². The molecule has 0 aromatic carbocycles. The SMILES string of the molecule is CCNC(=O)N1CCCN2CCCC2C1. The van der Waals surface area contributed by atoms with Crippen LogP contribution in [0.3, 0.4) is 0 Å². The molecule has 1 N–H and O–H groups in total. The number of hydrogen-bond donors (Lipinski definition) is 1. The smallest absolute Gasteiger partial charge is 0.317 e. The lowest BCUT2D eigenvalue weighted by Gasteiger charge is -2.25. The first-order valence-corrected chi connectivity index (χ1v) is 6.08. The van der Waals surface area contributed by atoms with E-state index in [1.54, 1.807) is 0 Å². The second-order valence-electron chi connectivity index (χ2n) is 4.47. The van der Waals surface area contributed by atoms with E-state index in [1.807, 2.05) is 11.8 Å². The van der Waals surface area contributed by atoms with Gasteiger partial charge < -0.3 is 10.2 Å². The highest BCUT2D eigenvalue weighted by Crippen LogP contribution is 2.21. The second kappa shape index (κ2) is 4.84. The van der Waals surface area contributed by atoms with Gasteiger partial charge in [-0.15, -0.1) is 0 Å². The Bertz CT molecular complexity index is 232. The Kier molecular flexibility index (Phi) is 3.46. The maximum atomic E-state index is 11.7. The van der Waals surface area contributed by atoms with Crippen molar-refractivity contribution in [1.29, 1.82) is 0 Å². The van der Waals surface area contributed by atoms with Crippen LogP contribution in [-0.4, -0.2) is 54.6 Å². The monoisotopic (exact) mass is 211 g/mol. The fourth-order valence-electron chi connectivity index (χ4n) is 2.65. The molecule has 0 radical (unpaired) electrons. The summed E-state index contributed by atoms with van der Waals surface area (Å²) in [6.45, 7) is 6.93. The summed E-state index contributed by atoms with van der Waals surface area (Å²) in [7, 11) is 0. The Labute approximate surface area is 91.6 Å². The van der Waals surface area contributed by atoms with Gasteiger partial charge in [0.2, 0.25) is 0 Å². The number of carbonyl (C=O) groups is 1. The van der Waals surface area contributed by atoms with Crippen LogP contribution >= 0.6 is 0 Å². The van der Waals surface area contributed by atoms with Crippen LogP contribution < -0.4 is 5.32 Å². The molecule has 4 heteroatoms. The molecule has 2 saturated heterocycles. The van der Waals surface area contributed by atoms with Crippen LogP contribution in [-0.2, 0) is 0 Å². The van der Waals surface area contributed by atoms with Gasteiger partial charge in [-0.2, -0.15) is 0 Å². The molecule has 15 heavy (non-hydrogen) atoms. The molecule has 2 heterocycles. The lowest BCUT2D eigenvalue weighted by Crippen LogP contribution is -2.44. The molecule has 1 unspecified atom stereocenters. The molecule has 86 valence electrons. The van der Waals surface area contributed by atoms with Gasteiger partial charge in [-0.25, -0.2) is 4.79 Å². The average molecular weight is 211 g/mol. The Hall–Kier alpha value is -0.770. The molecule has 2 rings (SSSR count). The predicted molar refractivity (Wildman–Crippen MR) is 59.9 cm³/mol. The average Bonchev–Trinajstić information content (AvgIpc) is 2.56. The van der Waals surface area contributed by atoms with Gasteiger partial charge >= 0.3 is 6.03 Å². The van der Waals surface area contributed by atoms with Crippen LogP contribution in [0, 0.1) is 0 Å². The van der Waals surface area contributed by atoms with Crippen LogP contribution in [0.1, 0.15) is 26.2 Å². The minimum absolute atomic E-state index is 0.117. The summed E-state index contributed by atoms with van der Waals surface area (Å²) in [6, 6.07) is 0.737. The number of rotatable bonds is 1. The summed E-state index contributed by atoms with van der Waals surface area (Å²) < 4.78 is 0. The second-order valence-corrected chi connectivity index (χ2v) is 4.47. The van der Waals surface area contributed by atoms with E-state index >= 15 is 0 Å². The maximum absolute atomic E-state index is 11.7. The molecular formula is C11H21N3O. The third kappa shape index (κ3) is 2.43. The molecule has 0 spiro atoms. The summed E-state index contributed by atoms with van der Waals surface area (Å²) in [5.41, 5.74) is 0. The molecular weight excluding hydrogens is 190 g/mol. The topological polar surface area (TPSA) is 35.6 Å². The fraction of sp³-hybridized carbons (Fsp3) is 0.909. The summed E-state index contributed by atoms with van der Waals surface area (Å²) in [6.07, 6.45) is 3.68. The van der Waals surface area contributed by atoms with Gasteiger partial charge in [-0.1, -0.05) is 0 Å². The fourth-order valence-corrected chi connectivity index (χ4v) is 2.65. The van der Waals surface area contributed by atoms with Crippen LogP contribution in [0.25, 0.3) is 0 Å². The third-order valence-electron chi connectivity index (χ3n) is 3.42. The zero-order valence-corrected chi connectivity index (χ0v) is 9.54. The lowest BCUT2D eigenvalue weighted by atomic mass is 10.2. The van der Waals surface area contributed by atoms with E-state index < -0.39 is 0 Å². The minimum Gasteiger partial charge on any atom is -0.338 e. The van der Waals surface area contributed by atoms with Crippen LogP contribution in [0.15, 0.2) is 0 Å². The molecule has 2 aliphatic heterocycles. The maximum Gasteiger partial charge on any atom is 0.317 e. The molecule has 0 bridgehead atoms. The minimum atomic E-state index is 0.117. The quantitative estimate of drug-likeness (QED) is 0.699. The number of hydrogen-bond acceptors (Lipinski definition) is 2. The van der Waals surface area contributed by atoms with Crippen molar-refractivity contribution in [1.82, 2.24) is 15.1 Å². The van der Waals surface area contributed by atoms with Crippen LogP contribution in [0.2, 0.25) is 0 Å². The number of amides is 2. The zero-order chi connectivity index (χ0) is 10.7. The van der Waals surface area contributed by atoms with Gasteiger partial charge in [0.05, 0.1) is 0 Å². The lowest BCUT2D eigenvalue weighted by molar-refractivity contribution is 0.189. The molecule has 1 atom stereocenters. The molecule has 0 saturated carbocycles. The first kappa shape index (κ1) is 10.7. The number of carbonyl (C=O) groups excluding carboxylic acids is 1. The number of nitrogens with zero attached hydrogens (tertiary/aromatic N) is 2. The van der Waals surface area contributed by atoms with E-state index in [-0.39, 0.29) is 6.03 Å². The van der Waals surface area contributed by atoms with Gasteiger partial charge in [0.1, 0.15) is 0 Å². The van der Waals surface area contributed by atoms with Crippen molar-refractivity contribution in [2.24, 2.45) is 0 Å². The highest BCUT2D eigenvalue weighted by atomic mass is 16.2. The van der Waals surface area contributed by atoms with E-state index in [9.17, 15) is 4.79 Å². The van der Waals surface area contributed by atoms with E-state index in [0.29, 0.717) is 6.04 Å². The summed E-state index contributed by atoms with van der Waals surface area (Å²) >= 11 is 0. The molecule has 2 fully saturated rings. The van der Waals surface area contributed by atoms with E-state index in [1.165, 1.54) is 25.9 Å². The normalized spacial score (nSPS) is 27.3. The Balaban J connectivity index is 1.93. The first-order chi connectivity index (χ1) is 7.31. The number of urea groups is 1. The molecule has 2 amide bonds. The summed E-state index contributed by atoms with van der Waals surface area (Å²) in [5, 5.41) is 2.89. The molecule has 0 aromatic rings. The van der Waals surface area contributed by atoms with Gasteiger partial charge in [-0.3, -0.25) is 4.90 Å². The van der Waals surface area contributed by atoms with E-state index in [4.69, 9.17) is 0 Å². The Morgan fingerprint density at radius 2 is 2.13 bits per heavy atom. The Morgan fingerprint density at radius 1 is 1.33 bits per heavy atom. The van der Waals surface area contributed by atoms with Crippen molar-refractivity contribution in [2.45, 2.75) is 32.2 Å². The van der Waals surface area contributed by atoms with Gasteiger partial charge in [0.15, 0.2) is 0 Å². The molecule has 4 nitrogen and oxygen atoms in total. The Morgan fingerprint density at radius 3 is 2.93 bits per heavy atom. The van der Waals surface area contributed by atoms with Crippen LogP contribution in [0.4, 0.5) is 4.79 Å². The third-order valence-corrected chi connectivity index (χ3v) is 3.42. The number of fused-ring (bicyclic) bond motifs is 1. The number of nitrogens with one attached hydrogen (secondary N) is 1. The van der Waals surface area contributed by atoms with Gasteiger partial charge in [0, 0.05) is 32.2 Å². The van der Waals surface area contributed by atoms with Gasteiger partial charge in [0.25, 0.3) is 0 Å². The highest BCUT2D eigenvalue weighted by molar-refractivity contribution is 5.74. The molecule has 0 aromatic heterocycles. The van der Waals surface area contributed by atoms with Gasteiger partial charge in [-0.05, 0) is 32.7 Å². The van der Waals surface area contributed by atoms with Crippen molar-refractivity contribution in [3.05, 3.63) is 0 Å². The van der Waals surface area contributed by atoms with E-state index in [2.05, 4.69) is 10.2 Å². The summed E-state index contributed by atoms with van der Waals surface area (Å²) in [4.78, 5) is 16.3. The van der Waals surface area contributed by atoms with Crippen molar-refractivity contribution < 1.29 is 4.79 Å². The van der Waals surface area contributed by atoms with Crippen molar-refractivity contribution in [2.75, 3.05) is 32.7 Å².